The number of morpholine rings is 1. The first-order valence-electron chi connectivity index (χ1n) is 26.7. The van der Waals surface area contributed by atoms with Crippen LogP contribution in [-0.4, -0.2) is 137 Å². The highest BCUT2D eigenvalue weighted by molar-refractivity contribution is 6.97. The lowest BCUT2D eigenvalue weighted by molar-refractivity contribution is -0.154. The molecular weight excluding hydrogens is 979 g/mol. The first kappa shape index (κ1) is 58.0. The molecule has 1 aromatic carbocycles. The van der Waals surface area contributed by atoms with Gasteiger partial charge < -0.3 is 19.5 Å². The number of nitrogens with zero attached hydrogens (tertiary/aromatic N) is 10. The van der Waals surface area contributed by atoms with E-state index >= 15 is 0 Å². The number of tetrazole rings is 1. The molecule has 2 aliphatic rings. The Labute approximate surface area is 442 Å². The maximum atomic E-state index is 12.0. The Bertz CT molecular complexity index is 2620. The lowest BCUT2D eigenvalue weighted by Crippen LogP contribution is -2.45. The average Bonchev–Trinajstić information content (AvgIpc) is 4.12. The van der Waals surface area contributed by atoms with E-state index in [1.165, 1.54) is 44.9 Å². The number of rotatable bonds is 36. The molecule has 4 heterocycles. The van der Waals surface area contributed by atoms with Crippen molar-refractivity contribution in [2.24, 2.45) is 0 Å². The van der Waals surface area contributed by atoms with Gasteiger partial charge >= 0.3 is 0 Å². The topological polar surface area (TPSA) is 291 Å². The van der Waals surface area contributed by atoms with Crippen molar-refractivity contribution < 1.29 is 52.6 Å². The maximum absolute atomic E-state index is 12.0. The van der Waals surface area contributed by atoms with Crippen molar-refractivity contribution >= 4 is 58.4 Å². The Morgan fingerprint density at radius 1 is 0.763 bits per heavy atom. The van der Waals surface area contributed by atoms with Crippen LogP contribution in [0, 0.1) is 11.3 Å². The van der Waals surface area contributed by atoms with Crippen molar-refractivity contribution in [2.45, 2.75) is 166 Å². The Morgan fingerprint density at radius 3 is 1.93 bits per heavy atom. The fourth-order valence-electron chi connectivity index (χ4n) is 9.47. The number of nitriles is 1. The number of carbonyl (C=O) groups excluding carboxylic acids is 8. The summed E-state index contributed by atoms with van der Waals surface area (Å²) in [7, 11) is 0. The van der Waals surface area contributed by atoms with Gasteiger partial charge in [0.1, 0.15) is 29.9 Å². The number of ether oxygens (including phenoxy) is 3. The molecule has 1 saturated carbocycles. The molecule has 1 saturated heterocycles. The third-order valence-electron chi connectivity index (χ3n) is 13.7. The van der Waals surface area contributed by atoms with Crippen molar-refractivity contribution in [3.8, 4) is 28.8 Å². The van der Waals surface area contributed by atoms with Gasteiger partial charge in [-0.3, -0.25) is 47.9 Å². The second-order valence-electron chi connectivity index (χ2n) is 19.4. The third-order valence-corrected chi connectivity index (χ3v) is 13.7. The molecule has 2 fully saturated rings. The van der Waals surface area contributed by atoms with Crippen LogP contribution >= 0.6 is 0 Å². The summed E-state index contributed by atoms with van der Waals surface area (Å²) in [5.74, 6) is -11.5. The fraction of sp³-hybridized carbons (Fsp3) is 0.574. The van der Waals surface area contributed by atoms with Crippen molar-refractivity contribution in [3.05, 3.63) is 48.7 Å². The second kappa shape index (κ2) is 31.0. The van der Waals surface area contributed by atoms with Crippen molar-refractivity contribution in [1.82, 2.24) is 44.9 Å². The van der Waals surface area contributed by atoms with E-state index in [1.807, 2.05) is 25.3 Å². The minimum absolute atomic E-state index is 0.262. The summed E-state index contributed by atoms with van der Waals surface area (Å²) in [4.78, 5) is 104. The molecule has 0 bridgehead atoms. The number of benzene rings is 1. The van der Waals surface area contributed by atoms with E-state index in [1.54, 1.807) is 23.1 Å². The van der Waals surface area contributed by atoms with E-state index < -0.39 is 46.8 Å². The van der Waals surface area contributed by atoms with Crippen LogP contribution in [0.15, 0.2) is 43.1 Å². The molecule has 22 heteroatoms. The molecule has 76 heavy (non-hydrogen) atoms. The molecule has 1 aliphatic carbocycles. The summed E-state index contributed by atoms with van der Waals surface area (Å²) in [6.07, 6.45) is 26.6. The van der Waals surface area contributed by atoms with Crippen LogP contribution in [-0.2, 0) is 49.6 Å². The summed E-state index contributed by atoms with van der Waals surface area (Å²) in [6, 6.07) is 8.43. The molecule has 0 spiro atoms. The average molecular weight is 1050 g/mol. The highest BCUT2D eigenvalue weighted by atomic mass is 16.5. The van der Waals surface area contributed by atoms with E-state index in [0.717, 1.165) is 114 Å². The van der Waals surface area contributed by atoms with Crippen LogP contribution in [0.2, 0.25) is 0 Å². The molecule has 22 nitrogen and oxygen atoms in total. The highest BCUT2D eigenvalue weighted by Crippen LogP contribution is 2.35. The van der Waals surface area contributed by atoms with Crippen LogP contribution in [0.3, 0.4) is 0 Å². The molecule has 1 atom stereocenters. The minimum Gasteiger partial charge on any atom is -0.487 e. The van der Waals surface area contributed by atoms with E-state index in [4.69, 9.17) is 19.3 Å². The minimum atomic E-state index is -2.11. The monoisotopic (exact) mass is 1050 g/mol. The summed E-state index contributed by atoms with van der Waals surface area (Å²) in [6.45, 7) is 6.43. The van der Waals surface area contributed by atoms with Gasteiger partial charge in [0, 0.05) is 43.5 Å². The summed E-state index contributed by atoms with van der Waals surface area (Å²) in [5, 5.41) is 29.4. The number of ketones is 7. The number of unbranched alkanes of at least 4 members (excludes halogenated alkanes) is 15. The van der Waals surface area contributed by atoms with Crippen molar-refractivity contribution in [3.63, 3.8) is 0 Å². The van der Waals surface area contributed by atoms with Crippen LogP contribution in [0.4, 0.5) is 11.6 Å². The van der Waals surface area contributed by atoms with Gasteiger partial charge in [-0.15, -0.1) is 10.2 Å². The van der Waals surface area contributed by atoms with Crippen molar-refractivity contribution in [1.29, 1.82) is 5.26 Å². The van der Waals surface area contributed by atoms with Crippen LogP contribution in [0.5, 0.6) is 11.6 Å². The lowest BCUT2D eigenvalue weighted by Gasteiger charge is -2.38. The van der Waals surface area contributed by atoms with Gasteiger partial charge in [-0.2, -0.15) is 5.26 Å². The second-order valence-corrected chi connectivity index (χ2v) is 19.4. The third kappa shape index (κ3) is 18.0. The van der Waals surface area contributed by atoms with E-state index in [-0.39, 0.29) is 18.6 Å². The molecule has 406 valence electrons. The summed E-state index contributed by atoms with van der Waals surface area (Å²) >= 11 is 0. The number of Topliss-reactive ketones (excluding diaryl/α,β-unsaturated/α-hetero) is 7. The summed E-state index contributed by atoms with van der Waals surface area (Å²) in [5.41, 5.74) is 2.69. The van der Waals surface area contributed by atoms with Gasteiger partial charge in [0.25, 0.3) is 40.6 Å². The van der Waals surface area contributed by atoms with Gasteiger partial charge in [-0.25, -0.2) is 14.6 Å². The number of nitrogens with one attached hydrogen (secondary N) is 1. The van der Waals surface area contributed by atoms with Gasteiger partial charge in [-0.1, -0.05) is 96.0 Å². The number of anilines is 2. The highest BCUT2D eigenvalue weighted by Gasteiger charge is 2.38. The maximum Gasteiger partial charge on any atom is 0.281 e. The molecule has 3 aromatic heterocycles. The number of hydrogen-bond acceptors (Lipinski definition) is 20. The Hall–Kier alpha value is -7.25. The molecule has 1 N–H and O–H groups in total. The lowest BCUT2D eigenvalue weighted by atomic mass is 9.90. The standard InChI is InChI=1S/C54H69N11O11/c1-38(34-64-37-58-61-62-64)76-47-30-39(19-20-40(47)31-55)41-32-56-54(57-33-41)59-44-35-65(43-23-21-42(22-24-43)63-25-28-74-29-26-63)60-53(44)75-27-17-15-13-11-9-7-5-3-2-4-6-8-10-12-14-16-18-45(67)48(69)50(71)52(73)51(72)49(70)46(68)36-66/h19-20,30,32-33,35-38,42-43H,2-18,21-29,34H2,1H3,(H,56,57,59). The SMILES string of the molecule is CC(Cn1cnnn1)Oc1cc(-c2cnc(Nc3cn(C4CCC(N5CCOCC5)CC4)nc3OCCCCCCCCCCCCCCCCCCC(=O)C(=O)C(=O)C(=O)C(=O)C(=O)C(=O)C=O)nc2)ccc1C#N. The van der Waals surface area contributed by atoms with E-state index in [2.05, 4.69) is 46.5 Å². The molecule has 1 unspecified atom stereocenters. The van der Waals surface area contributed by atoms with Gasteiger partial charge in [0.05, 0.1) is 44.2 Å². The zero-order valence-electron chi connectivity index (χ0n) is 43.4. The van der Waals surface area contributed by atoms with E-state index in [9.17, 15) is 43.6 Å². The zero-order valence-corrected chi connectivity index (χ0v) is 43.4. The molecule has 1 aliphatic heterocycles. The number of hydrogen-bond donors (Lipinski definition) is 1. The quantitative estimate of drug-likeness (QED) is 0.0222. The molecule has 0 radical (unpaired) electrons. The van der Waals surface area contributed by atoms with Crippen LogP contribution < -0.4 is 14.8 Å². The molecule has 6 rings (SSSR count). The Balaban J connectivity index is 0.856. The van der Waals surface area contributed by atoms with Gasteiger partial charge in [0.15, 0.2) is 6.29 Å². The smallest absolute Gasteiger partial charge is 0.281 e. The normalized spacial score (nSPS) is 16.0. The van der Waals surface area contributed by atoms with Crippen LogP contribution in [0.1, 0.15) is 153 Å². The van der Waals surface area contributed by atoms with Crippen LogP contribution in [0.25, 0.3) is 11.1 Å². The molecule has 4 aromatic rings. The predicted octanol–water partition coefficient (Wildman–Crippen LogP) is 6.42. The predicted molar refractivity (Wildman–Crippen MR) is 274 cm³/mol. The summed E-state index contributed by atoms with van der Waals surface area (Å²) < 4.78 is 21.7. The zero-order chi connectivity index (χ0) is 54.1. The molecule has 0 amide bonds. The van der Waals surface area contributed by atoms with Gasteiger partial charge in [0.2, 0.25) is 11.7 Å². The Kier molecular flexibility index (Phi) is 23.6. The van der Waals surface area contributed by atoms with Gasteiger partial charge in [-0.05, 0) is 73.6 Å². The molecular formula is C54H69N11O11. The van der Waals surface area contributed by atoms with Crippen molar-refractivity contribution in [2.75, 3.05) is 38.2 Å². The Morgan fingerprint density at radius 2 is 1.34 bits per heavy atom. The number of aromatic nitrogens is 8. The number of carbonyl (C=O) groups is 8. The number of aldehydes is 1. The first-order valence-corrected chi connectivity index (χ1v) is 26.7. The van der Waals surface area contributed by atoms with E-state index in [0.29, 0.717) is 60.9 Å². The first-order chi connectivity index (χ1) is 36.9. The fourth-order valence-corrected chi connectivity index (χ4v) is 9.47. The largest absolute Gasteiger partial charge is 0.487 e.